The molecule has 4 heteroatoms. The van der Waals surface area contributed by atoms with Crippen molar-refractivity contribution in [3.63, 3.8) is 0 Å². The van der Waals surface area contributed by atoms with Gasteiger partial charge in [-0.1, -0.05) is 11.6 Å². The summed E-state index contributed by atoms with van der Waals surface area (Å²) in [5.41, 5.74) is 6.96. The topological polar surface area (TPSA) is 55.5 Å². The second-order valence-electron chi connectivity index (χ2n) is 4.69. The Hall–Kier alpha value is -0.930. The Bertz CT molecular complexity index is 397. The third kappa shape index (κ3) is 2.80. The summed E-state index contributed by atoms with van der Waals surface area (Å²) in [5, 5.41) is 10.6. The van der Waals surface area contributed by atoms with E-state index in [1.165, 1.54) is 7.11 Å². The van der Waals surface area contributed by atoms with Crippen LogP contribution in [0.25, 0.3) is 0 Å². The van der Waals surface area contributed by atoms with Gasteiger partial charge in [0.25, 0.3) is 0 Å². The molecule has 0 aromatic heterocycles. The zero-order valence-corrected chi connectivity index (χ0v) is 10.9. The van der Waals surface area contributed by atoms with E-state index < -0.39 is 5.54 Å². The number of phenols is 1. The lowest BCUT2D eigenvalue weighted by molar-refractivity contribution is 0.365. The fourth-order valence-electron chi connectivity index (χ4n) is 1.64. The summed E-state index contributed by atoms with van der Waals surface area (Å²) in [6, 6.07) is 1.74. The third-order valence-electron chi connectivity index (χ3n) is 2.37. The van der Waals surface area contributed by atoms with E-state index in [-0.39, 0.29) is 5.75 Å². The number of aromatic hydroxyl groups is 1. The number of hydrogen-bond acceptors (Lipinski definition) is 3. The summed E-state index contributed by atoms with van der Waals surface area (Å²) in [7, 11) is 1.51. The summed E-state index contributed by atoms with van der Waals surface area (Å²) in [4.78, 5) is 0. The van der Waals surface area contributed by atoms with Gasteiger partial charge in [-0.2, -0.15) is 0 Å². The van der Waals surface area contributed by atoms with Crippen LogP contribution in [0.2, 0.25) is 5.02 Å². The van der Waals surface area contributed by atoms with Gasteiger partial charge in [-0.25, -0.2) is 0 Å². The summed E-state index contributed by atoms with van der Waals surface area (Å²) in [5.74, 6) is 0.551. The molecule has 0 radical (unpaired) electrons. The maximum atomic E-state index is 10.0. The van der Waals surface area contributed by atoms with Crippen molar-refractivity contribution in [3.8, 4) is 11.5 Å². The predicted molar refractivity (Wildman–Crippen MR) is 66.4 cm³/mol. The van der Waals surface area contributed by atoms with Gasteiger partial charge >= 0.3 is 0 Å². The van der Waals surface area contributed by atoms with Crippen LogP contribution in [0.15, 0.2) is 6.07 Å². The maximum absolute atomic E-state index is 10.0. The molecule has 1 aromatic carbocycles. The number of rotatable bonds is 3. The van der Waals surface area contributed by atoms with Crippen molar-refractivity contribution in [2.24, 2.45) is 5.73 Å². The second kappa shape index (κ2) is 4.52. The van der Waals surface area contributed by atoms with Crippen molar-refractivity contribution in [2.75, 3.05) is 7.11 Å². The number of nitrogens with two attached hydrogens (primary N) is 1. The highest BCUT2D eigenvalue weighted by Crippen LogP contribution is 2.38. The first kappa shape index (κ1) is 13.1. The lowest BCUT2D eigenvalue weighted by Gasteiger charge is -2.21. The molecule has 0 aliphatic heterocycles. The fourth-order valence-corrected chi connectivity index (χ4v) is 1.85. The Morgan fingerprint density at radius 1 is 1.50 bits per heavy atom. The first-order valence-electron chi connectivity index (χ1n) is 5.10. The molecule has 0 saturated heterocycles. The zero-order valence-electron chi connectivity index (χ0n) is 10.1. The zero-order chi connectivity index (χ0) is 12.5. The van der Waals surface area contributed by atoms with Gasteiger partial charge in [0.05, 0.1) is 7.11 Å². The molecule has 0 aliphatic carbocycles. The van der Waals surface area contributed by atoms with Gasteiger partial charge in [0.1, 0.15) is 0 Å². The Labute approximate surface area is 101 Å². The number of halogens is 1. The van der Waals surface area contributed by atoms with Gasteiger partial charge in [-0.05, 0) is 33.3 Å². The van der Waals surface area contributed by atoms with E-state index in [1.807, 2.05) is 13.8 Å². The highest BCUT2D eigenvalue weighted by Gasteiger charge is 2.19. The van der Waals surface area contributed by atoms with Crippen LogP contribution >= 0.6 is 11.6 Å². The molecule has 0 aliphatic rings. The van der Waals surface area contributed by atoms with Gasteiger partial charge in [-0.3, -0.25) is 0 Å². The van der Waals surface area contributed by atoms with E-state index in [0.29, 0.717) is 22.8 Å². The van der Waals surface area contributed by atoms with Crippen LogP contribution in [0.3, 0.4) is 0 Å². The van der Waals surface area contributed by atoms with Crippen LogP contribution in [-0.4, -0.2) is 17.8 Å². The van der Waals surface area contributed by atoms with Crippen molar-refractivity contribution < 1.29 is 9.84 Å². The molecule has 0 atom stereocenters. The van der Waals surface area contributed by atoms with Crippen molar-refractivity contribution in [1.82, 2.24) is 0 Å². The average molecular weight is 244 g/mol. The van der Waals surface area contributed by atoms with Gasteiger partial charge in [0.15, 0.2) is 11.5 Å². The summed E-state index contributed by atoms with van der Waals surface area (Å²) in [6.45, 7) is 5.59. The smallest absolute Gasteiger partial charge is 0.165 e. The fraction of sp³-hybridized carbons (Fsp3) is 0.500. The molecule has 0 amide bonds. The minimum absolute atomic E-state index is 0.128. The summed E-state index contributed by atoms with van der Waals surface area (Å²) in [6.07, 6.45) is 0.537. The van der Waals surface area contributed by atoms with Crippen molar-refractivity contribution in [1.29, 1.82) is 0 Å². The first-order chi connectivity index (χ1) is 7.26. The van der Waals surface area contributed by atoms with Gasteiger partial charge in [0, 0.05) is 21.7 Å². The monoisotopic (exact) mass is 243 g/mol. The van der Waals surface area contributed by atoms with Crippen LogP contribution in [0.1, 0.15) is 25.0 Å². The lowest BCUT2D eigenvalue weighted by Crippen LogP contribution is -2.34. The van der Waals surface area contributed by atoms with Crippen LogP contribution in [0, 0.1) is 6.92 Å². The Kier molecular flexibility index (Phi) is 3.71. The van der Waals surface area contributed by atoms with Gasteiger partial charge in [-0.15, -0.1) is 0 Å². The third-order valence-corrected chi connectivity index (χ3v) is 2.76. The second-order valence-corrected chi connectivity index (χ2v) is 5.10. The molecule has 0 heterocycles. The molecule has 0 saturated carbocycles. The number of methoxy groups -OCH3 is 1. The van der Waals surface area contributed by atoms with E-state index in [1.54, 1.807) is 13.0 Å². The molecule has 1 aromatic rings. The number of ether oxygens (including phenoxy) is 1. The predicted octanol–water partition coefficient (Wildman–Crippen LogP) is 2.64. The number of hydrogen-bond donors (Lipinski definition) is 2. The number of phenolic OH excluding ortho intramolecular Hbond substituents is 1. The lowest BCUT2D eigenvalue weighted by atomic mass is 9.94. The summed E-state index contributed by atoms with van der Waals surface area (Å²) < 4.78 is 5.14. The molecule has 0 unspecified atom stereocenters. The molecule has 16 heavy (non-hydrogen) atoms. The molecular formula is C12H18ClNO2. The average Bonchev–Trinajstić information content (AvgIpc) is 2.13. The molecule has 0 fully saturated rings. The van der Waals surface area contributed by atoms with E-state index in [4.69, 9.17) is 22.1 Å². The molecule has 90 valence electrons. The standard InChI is InChI=1S/C12H18ClNO2/c1-7-9(13)5-8(6-12(2,3)14)10(15)11(7)16-4/h5,15H,6,14H2,1-4H3. The molecular weight excluding hydrogens is 226 g/mol. The van der Waals surface area contributed by atoms with E-state index in [2.05, 4.69) is 0 Å². The van der Waals surface area contributed by atoms with Crippen LogP contribution < -0.4 is 10.5 Å². The van der Waals surface area contributed by atoms with E-state index >= 15 is 0 Å². The van der Waals surface area contributed by atoms with E-state index in [9.17, 15) is 5.11 Å². The summed E-state index contributed by atoms with van der Waals surface area (Å²) >= 11 is 6.07. The Morgan fingerprint density at radius 2 is 2.06 bits per heavy atom. The van der Waals surface area contributed by atoms with Crippen LogP contribution in [-0.2, 0) is 6.42 Å². The molecule has 0 spiro atoms. The Balaban J connectivity index is 3.26. The Morgan fingerprint density at radius 3 is 2.50 bits per heavy atom. The molecule has 3 N–H and O–H groups in total. The first-order valence-corrected chi connectivity index (χ1v) is 5.48. The SMILES string of the molecule is COc1c(C)c(Cl)cc(CC(C)(C)N)c1O. The largest absolute Gasteiger partial charge is 0.504 e. The molecule has 3 nitrogen and oxygen atoms in total. The van der Waals surface area contributed by atoms with Crippen LogP contribution in [0.4, 0.5) is 0 Å². The minimum atomic E-state index is -0.402. The van der Waals surface area contributed by atoms with Crippen LogP contribution in [0.5, 0.6) is 11.5 Å². The van der Waals surface area contributed by atoms with E-state index in [0.717, 1.165) is 5.56 Å². The number of benzene rings is 1. The maximum Gasteiger partial charge on any atom is 0.165 e. The normalized spacial score (nSPS) is 11.6. The van der Waals surface area contributed by atoms with Crippen molar-refractivity contribution >= 4 is 11.6 Å². The van der Waals surface area contributed by atoms with Crippen molar-refractivity contribution in [3.05, 3.63) is 22.2 Å². The quantitative estimate of drug-likeness (QED) is 0.858. The highest BCUT2D eigenvalue weighted by molar-refractivity contribution is 6.31. The van der Waals surface area contributed by atoms with Gasteiger partial charge in [0.2, 0.25) is 0 Å². The molecule has 1 rings (SSSR count). The minimum Gasteiger partial charge on any atom is -0.504 e. The van der Waals surface area contributed by atoms with Crippen molar-refractivity contribution in [2.45, 2.75) is 32.7 Å². The van der Waals surface area contributed by atoms with Gasteiger partial charge < -0.3 is 15.6 Å². The molecule has 0 bridgehead atoms. The highest BCUT2D eigenvalue weighted by atomic mass is 35.5.